The number of hydrazine groups is 1. The van der Waals surface area contributed by atoms with E-state index in [1.165, 1.54) is 66.7 Å². The van der Waals surface area contributed by atoms with Crippen LogP contribution >= 0.6 is 35.5 Å². The molecule has 242 valence electrons. The molecule has 1 fully saturated rings. The maximum Gasteiger partial charge on any atom is 0.352 e. The Hall–Kier alpha value is -4.66. The summed E-state index contributed by atoms with van der Waals surface area (Å²) >= 11 is 4.20. The minimum absolute atomic E-state index is 0.0966. The summed E-state index contributed by atoms with van der Waals surface area (Å²) < 4.78 is 2.73. The molecule has 3 aliphatic heterocycles. The van der Waals surface area contributed by atoms with Gasteiger partial charge in [-0.05, 0) is 35.2 Å². The summed E-state index contributed by atoms with van der Waals surface area (Å²) in [6, 6.07) is 1.93. The predicted octanol–water partition coefficient (Wildman–Crippen LogP) is 0.666. The molecule has 5 amide bonds. The number of phenols is 1. The number of hydrogen-bond donors (Lipinski definition) is 8. The molecule has 0 radical (unpaired) electrons. The lowest BCUT2D eigenvalue weighted by Gasteiger charge is -2.49. The van der Waals surface area contributed by atoms with Crippen LogP contribution in [0.3, 0.4) is 0 Å². The monoisotopic (exact) mass is 689 g/mol. The molecule has 3 aliphatic rings. The van der Waals surface area contributed by atoms with E-state index in [-0.39, 0.29) is 28.6 Å². The number of β-lactam (4-membered cyclic amide) rings is 1. The fraction of sp³-hybridized carbons (Fsp3) is 0.269. The van der Waals surface area contributed by atoms with Crippen LogP contribution in [0.2, 0.25) is 0 Å². The lowest BCUT2D eigenvalue weighted by molar-refractivity contribution is -0.150. The van der Waals surface area contributed by atoms with E-state index >= 15 is 0 Å². The molecule has 17 nitrogen and oxygen atoms in total. The SMILES string of the molecule is CC(=O)Nc1ncc(NC(=O)N[C@@H](C(=O)NC2C(=O)N3C(C(=O)O)=C(CSC4=CNN(C)S4)CS[C@H]23)c2ccc(O)cc2)c(=O)[nH]1. The number of phenolic OH excluding ortho intramolecular Hbond substituents is 1. The maximum absolute atomic E-state index is 13.5. The molecule has 5 rings (SSSR count). The van der Waals surface area contributed by atoms with Crippen molar-refractivity contribution in [1.82, 2.24) is 35.3 Å². The minimum atomic E-state index is -1.40. The number of benzene rings is 1. The smallest absolute Gasteiger partial charge is 0.352 e. The number of urea groups is 1. The second kappa shape index (κ2) is 13.8. The lowest BCUT2D eigenvalue weighted by atomic mass is 10.0. The van der Waals surface area contributed by atoms with Crippen LogP contribution in [-0.4, -0.2) is 89.2 Å². The van der Waals surface area contributed by atoms with Gasteiger partial charge in [0.25, 0.3) is 11.5 Å². The molecule has 2 aromatic rings. The molecule has 3 atom stereocenters. The molecule has 8 N–H and O–H groups in total. The Balaban J connectivity index is 1.29. The van der Waals surface area contributed by atoms with Crippen molar-refractivity contribution < 1.29 is 34.2 Å². The number of amides is 5. The highest BCUT2D eigenvalue weighted by Crippen LogP contribution is 2.43. The van der Waals surface area contributed by atoms with Gasteiger partial charge in [-0.25, -0.2) is 14.6 Å². The Morgan fingerprint density at radius 2 is 1.91 bits per heavy atom. The summed E-state index contributed by atoms with van der Waals surface area (Å²) in [5, 5.41) is 28.7. The van der Waals surface area contributed by atoms with Crippen LogP contribution in [0.1, 0.15) is 18.5 Å². The number of aliphatic carboxylic acids is 1. The number of anilines is 2. The van der Waals surface area contributed by atoms with Gasteiger partial charge in [0, 0.05) is 31.7 Å². The van der Waals surface area contributed by atoms with Crippen molar-refractivity contribution >= 4 is 76.8 Å². The zero-order valence-electron chi connectivity index (χ0n) is 24.0. The molecule has 1 aromatic carbocycles. The topological polar surface area (TPSA) is 238 Å². The van der Waals surface area contributed by atoms with Gasteiger partial charge in [0.2, 0.25) is 17.8 Å². The van der Waals surface area contributed by atoms with Gasteiger partial charge >= 0.3 is 12.0 Å². The molecule has 1 saturated heterocycles. The normalized spacial score (nSPS) is 19.7. The zero-order chi connectivity index (χ0) is 33.1. The molecule has 0 bridgehead atoms. The van der Waals surface area contributed by atoms with E-state index in [1.807, 2.05) is 7.05 Å². The number of aromatic nitrogens is 2. The summed E-state index contributed by atoms with van der Waals surface area (Å²) in [6.07, 6.45) is 2.81. The molecule has 4 heterocycles. The third-order valence-corrected chi connectivity index (χ3v) is 10.1. The third-order valence-electron chi connectivity index (χ3n) is 6.63. The van der Waals surface area contributed by atoms with Crippen molar-refractivity contribution in [2.24, 2.45) is 0 Å². The van der Waals surface area contributed by atoms with E-state index < -0.39 is 52.7 Å². The summed E-state index contributed by atoms with van der Waals surface area (Å²) in [4.78, 5) is 82.8. The Morgan fingerprint density at radius 1 is 1.17 bits per heavy atom. The molecule has 1 aromatic heterocycles. The van der Waals surface area contributed by atoms with E-state index in [2.05, 4.69) is 36.7 Å². The average molecular weight is 690 g/mol. The van der Waals surface area contributed by atoms with E-state index in [0.29, 0.717) is 17.1 Å². The number of thioether (sulfide) groups is 2. The minimum Gasteiger partial charge on any atom is -0.508 e. The van der Waals surface area contributed by atoms with Crippen LogP contribution in [0, 0.1) is 0 Å². The van der Waals surface area contributed by atoms with Gasteiger partial charge in [0.1, 0.15) is 34.6 Å². The van der Waals surface area contributed by atoms with Gasteiger partial charge in [-0.15, -0.1) is 23.5 Å². The highest BCUT2D eigenvalue weighted by atomic mass is 32.2. The molecular formula is C26H27N9O8S3. The van der Waals surface area contributed by atoms with Crippen molar-refractivity contribution in [2.45, 2.75) is 24.4 Å². The summed E-state index contributed by atoms with van der Waals surface area (Å²) in [5.41, 5.74) is 2.63. The first-order valence-corrected chi connectivity index (χ1v) is 16.2. The zero-order valence-corrected chi connectivity index (χ0v) is 26.5. The standard InChI is InChI=1S/C26H27N9O8S3/c1-11(36)29-25-27-7-15(20(38)33-25)30-26(43)32-17(12-3-5-14(37)6-4-12)21(39)31-18-22(40)35-19(24(41)42)13(10-45-23(18)35)9-44-16-8-28-34(2)46-16/h3-8,17-18,23,28,37H,9-10H2,1-2H3,(H,31,39)(H,41,42)(H2,30,32,43)(H2,27,29,33,36,38)/t17-,18?,23-/m1/s1. The van der Waals surface area contributed by atoms with Gasteiger partial charge in [0.15, 0.2) is 0 Å². The molecule has 1 unspecified atom stereocenters. The second-order valence-corrected chi connectivity index (χ2v) is 13.5. The average Bonchev–Trinajstić information content (AvgIpc) is 3.43. The number of nitrogens with zero attached hydrogens (tertiary/aromatic N) is 3. The Morgan fingerprint density at radius 3 is 2.54 bits per heavy atom. The fourth-order valence-electron chi connectivity index (χ4n) is 4.56. The molecule has 0 spiro atoms. The van der Waals surface area contributed by atoms with Gasteiger partial charge in [-0.1, -0.05) is 12.1 Å². The number of rotatable bonds is 10. The quantitative estimate of drug-likeness (QED) is 0.126. The molecular weight excluding hydrogens is 663 g/mol. The first-order valence-electron chi connectivity index (χ1n) is 13.4. The van der Waals surface area contributed by atoms with Crippen LogP contribution in [-0.2, 0) is 19.2 Å². The van der Waals surface area contributed by atoms with Crippen molar-refractivity contribution in [1.29, 1.82) is 0 Å². The number of carbonyl (C=O) groups excluding carboxylic acids is 4. The number of H-pyrrole nitrogens is 1. The van der Waals surface area contributed by atoms with Crippen LogP contribution in [0.5, 0.6) is 5.75 Å². The van der Waals surface area contributed by atoms with Crippen molar-refractivity contribution in [2.75, 3.05) is 29.2 Å². The van der Waals surface area contributed by atoms with E-state index in [4.69, 9.17) is 0 Å². The predicted molar refractivity (Wildman–Crippen MR) is 171 cm³/mol. The molecule has 20 heteroatoms. The molecule has 0 saturated carbocycles. The summed E-state index contributed by atoms with van der Waals surface area (Å²) in [7, 11) is 1.84. The maximum atomic E-state index is 13.5. The largest absolute Gasteiger partial charge is 0.508 e. The van der Waals surface area contributed by atoms with E-state index in [1.54, 1.807) is 10.6 Å². The fourth-order valence-corrected chi connectivity index (χ4v) is 7.93. The number of aromatic hydroxyl groups is 1. The lowest BCUT2D eigenvalue weighted by Crippen LogP contribution is -2.71. The molecule has 46 heavy (non-hydrogen) atoms. The number of carboxylic acids is 1. The van der Waals surface area contributed by atoms with Crippen LogP contribution in [0.15, 0.2) is 57.0 Å². The number of carboxylic acid groups (broad SMARTS) is 1. The van der Waals surface area contributed by atoms with Crippen molar-refractivity contribution in [3.05, 3.63) is 68.1 Å². The number of aromatic amines is 1. The van der Waals surface area contributed by atoms with Crippen molar-refractivity contribution in [3.8, 4) is 5.75 Å². The number of fused-ring (bicyclic) bond motifs is 1. The van der Waals surface area contributed by atoms with E-state index in [9.17, 15) is 39.0 Å². The highest BCUT2D eigenvalue weighted by Gasteiger charge is 2.54. The van der Waals surface area contributed by atoms with Crippen LogP contribution < -0.4 is 32.3 Å². The summed E-state index contributed by atoms with van der Waals surface area (Å²) in [6.45, 7) is 1.22. The van der Waals surface area contributed by atoms with Gasteiger partial charge in [-0.2, -0.15) is 4.41 Å². The first kappa shape index (κ1) is 32.7. The number of nitrogens with one attached hydrogen (secondary N) is 6. The van der Waals surface area contributed by atoms with Crippen LogP contribution in [0.4, 0.5) is 16.4 Å². The Kier molecular flexibility index (Phi) is 9.79. The van der Waals surface area contributed by atoms with Crippen LogP contribution in [0.25, 0.3) is 0 Å². The van der Waals surface area contributed by atoms with E-state index in [0.717, 1.165) is 15.3 Å². The number of hydrogen-bond acceptors (Lipinski definition) is 13. The van der Waals surface area contributed by atoms with Gasteiger partial charge in [0.05, 0.1) is 10.4 Å². The molecule has 0 aliphatic carbocycles. The second-order valence-electron chi connectivity index (χ2n) is 9.90. The number of carbonyl (C=O) groups is 5. The Bertz CT molecular complexity index is 1710. The summed E-state index contributed by atoms with van der Waals surface area (Å²) in [5.74, 6) is -2.69. The highest BCUT2D eigenvalue weighted by molar-refractivity contribution is 8.21. The van der Waals surface area contributed by atoms with Gasteiger partial charge in [-0.3, -0.25) is 34.4 Å². The van der Waals surface area contributed by atoms with Crippen molar-refractivity contribution in [3.63, 3.8) is 0 Å². The van der Waals surface area contributed by atoms with Gasteiger partial charge < -0.3 is 31.6 Å². The third kappa shape index (κ3) is 7.25. The Labute approximate surface area is 273 Å². The first-order chi connectivity index (χ1) is 21.9.